The van der Waals surface area contributed by atoms with Gasteiger partial charge in [0.15, 0.2) is 0 Å². The summed E-state index contributed by atoms with van der Waals surface area (Å²) in [6, 6.07) is 15.5. The molecule has 3 aromatic rings. The summed E-state index contributed by atoms with van der Waals surface area (Å²) in [6.45, 7) is 5.32. The summed E-state index contributed by atoms with van der Waals surface area (Å²) in [6.07, 6.45) is 3.36. The fraction of sp³-hybridized carbons (Fsp3) is 0.250. The van der Waals surface area contributed by atoms with E-state index in [2.05, 4.69) is 25.2 Å². The molecule has 172 valence electrons. The van der Waals surface area contributed by atoms with E-state index < -0.39 is 10.0 Å². The number of aromatic nitrogens is 1. The maximum atomic E-state index is 13.1. The standard InChI is InChI=1S/C24H27N5O3S/c1-18-4-7-21(8-5-18)33(31,32)28-22-15-20(6-9-23(22)29-13-11-25-12-14-29)24(30)27-17-19-3-2-10-26-16-19/h2-10,15-16,25,28H,11-14,17H2,1H3,(H,27,30). The Hall–Kier alpha value is -3.43. The Morgan fingerprint density at radius 3 is 2.55 bits per heavy atom. The summed E-state index contributed by atoms with van der Waals surface area (Å²) in [5, 5.41) is 6.16. The number of pyridine rings is 1. The molecule has 2 aromatic carbocycles. The van der Waals surface area contributed by atoms with Crippen molar-refractivity contribution in [2.45, 2.75) is 18.4 Å². The SMILES string of the molecule is Cc1ccc(S(=O)(=O)Nc2cc(C(=O)NCc3cccnc3)ccc2N2CCNCC2)cc1. The lowest BCUT2D eigenvalue weighted by Crippen LogP contribution is -2.43. The number of anilines is 2. The van der Waals surface area contributed by atoms with Crippen LogP contribution in [0.25, 0.3) is 0 Å². The van der Waals surface area contributed by atoms with Gasteiger partial charge < -0.3 is 15.5 Å². The number of amides is 1. The number of aryl methyl sites for hydroxylation is 1. The van der Waals surface area contributed by atoms with Gasteiger partial charge in [-0.1, -0.05) is 23.8 Å². The monoisotopic (exact) mass is 465 g/mol. The third kappa shape index (κ3) is 5.68. The number of benzene rings is 2. The van der Waals surface area contributed by atoms with Crippen molar-refractivity contribution in [2.75, 3.05) is 35.8 Å². The van der Waals surface area contributed by atoms with Gasteiger partial charge in [0.25, 0.3) is 15.9 Å². The Morgan fingerprint density at radius 1 is 1.09 bits per heavy atom. The molecular weight excluding hydrogens is 438 g/mol. The van der Waals surface area contributed by atoms with Crippen LogP contribution in [0.4, 0.5) is 11.4 Å². The molecule has 1 amide bonds. The highest BCUT2D eigenvalue weighted by Crippen LogP contribution is 2.30. The van der Waals surface area contributed by atoms with Crippen LogP contribution in [-0.4, -0.2) is 45.5 Å². The highest BCUT2D eigenvalue weighted by atomic mass is 32.2. The quantitative estimate of drug-likeness (QED) is 0.496. The summed E-state index contributed by atoms with van der Waals surface area (Å²) >= 11 is 0. The van der Waals surface area contributed by atoms with Crippen LogP contribution in [0, 0.1) is 6.92 Å². The first kappa shape index (κ1) is 22.8. The number of nitrogens with one attached hydrogen (secondary N) is 3. The van der Waals surface area contributed by atoms with Crippen molar-refractivity contribution in [3.63, 3.8) is 0 Å². The van der Waals surface area contributed by atoms with Crippen molar-refractivity contribution in [3.05, 3.63) is 83.7 Å². The fourth-order valence-electron chi connectivity index (χ4n) is 3.65. The zero-order valence-electron chi connectivity index (χ0n) is 18.4. The molecule has 9 heteroatoms. The van der Waals surface area contributed by atoms with Gasteiger partial charge in [0.1, 0.15) is 0 Å². The highest BCUT2D eigenvalue weighted by Gasteiger charge is 2.21. The van der Waals surface area contributed by atoms with Gasteiger partial charge in [0, 0.05) is 50.7 Å². The second-order valence-corrected chi connectivity index (χ2v) is 9.61. The maximum Gasteiger partial charge on any atom is 0.261 e. The third-order valence-corrected chi connectivity index (χ3v) is 6.85. The molecule has 8 nitrogen and oxygen atoms in total. The van der Waals surface area contributed by atoms with E-state index in [4.69, 9.17) is 0 Å². The number of piperazine rings is 1. The Kier molecular flexibility index (Phi) is 6.90. The number of carbonyl (C=O) groups excluding carboxylic acids is 1. The first-order chi connectivity index (χ1) is 15.9. The normalized spacial score (nSPS) is 14.0. The van der Waals surface area contributed by atoms with Crippen LogP contribution in [0.5, 0.6) is 0 Å². The molecule has 1 aromatic heterocycles. The number of nitrogens with zero attached hydrogens (tertiary/aromatic N) is 2. The van der Waals surface area contributed by atoms with Gasteiger partial charge in [-0.25, -0.2) is 8.42 Å². The molecule has 1 aliphatic rings. The van der Waals surface area contributed by atoms with E-state index >= 15 is 0 Å². The predicted molar refractivity (Wildman–Crippen MR) is 129 cm³/mol. The number of carbonyl (C=O) groups is 1. The van der Waals surface area contributed by atoms with Crippen LogP contribution in [0.3, 0.4) is 0 Å². The molecule has 0 unspecified atom stereocenters. The van der Waals surface area contributed by atoms with E-state index in [1.807, 2.05) is 19.1 Å². The van der Waals surface area contributed by atoms with Gasteiger partial charge in [-0.2, -0.15) is 0 Å². The topological polar surface area (TPSA) is 103 Å². The second kappa shape index (κ2) is 10.0. The van der Waals surface area contributed by atoms with Crippen molar-refractivity contribution in [1.82, 2.24) is 15.6 Å². The molecule has 33 heavy (non-hydrogen) atoms. The third-order valence-electron chi connectivity index (χ3n) is 5.47. The molecule has 0 atom stereocenters. The molecule has 0 radical (unpaired) electrons. The smallest absolute Gasteiger partial charge is 0.261 e. The average molecular weight is 466 g/mol. The lowest BCUT2D eigenvalue weighted by atomic mass is 10.1. The Balaban J connectivity index is 1.61. The van der Waals surface area contributed by atoms with Crippen molar-refractivity contribution in [2.24, 2.45) is 0 Å². The molecular formula is C24H27N5O3S. The first-order valence-corrected chi connectivity index (χ1v) is 12.3. The average Bonchev–Trinajstić information content (AvgIpc) is 2.84. The number of sulfonamides is 1. The van der Waals surface area contributed by atoms with Gasteiger partial charge in [-0.05, 0) is 48.9 Å². The Labute approximate surface area is 194 Å². The minimum Gasteiger partial charge on any atom is -0.367 e. The summed E-state index contributed by atoms with van der Waals surface area (Å²) in [7, 11) is -3.82. The largest absolute Gasteiger partial charge is 0.367 e. The van der Waals surface area contributed by atoms with Crippen LogP contribution in [0.15, 0.2) is 71.9 Å². The summed E-state index contributed by atoms with van der Waals surface area (Å²) in [5.74, 6) is -0.290. The number of rotatable bonds is 7. The van der Waals surface area contributed by atoms with E-state index in [0.717, 1.165) is 43.0 Å². The molecule has 0 bridgehead atoms. The molecule has 1 aliphatic heterocycles. The lowest BCUT2D eigenvalue weighted by molar-refractivity contribution is 0.0951. The van der Waals surface area contributed by atoms with Crippen LogP contribution in [-0.2, 0) is 16.6 Å². The molecule has 3 N–H and O–H groups in total. The zero-order valence-corrected chi connectivity index (χ0v) is 19.2. The van der Waals surface area contributed by atoms with E-state index in [1.54, 1.807) is 54.9 Å². The number of hydrogen-bond acceptors (Lipinski definition) is 6. The summed E-state index contributed by atoms with van der Waals surface area (Å²) < 4.78 is 28.9. The van der Waals surface area contributed by atoms with Gasteiger partial charge in [0.05, 0.1) is 16.3 Å². The number of hydrogen-bond donors (Lipinski definition) is 3. The molecule has 2 heterocycles. The predicted octanol–water partition coefficient (Wildman–Crippen LogP) is 2.53. The van der Waals surface area contributed by atoms with Crippen molar-refractivity contribution >= 4 is 27.3 Å². The molecule has 0 saturated carbocycles. The highest BCUT2D eigenvalue weighted by molar-refractivity contribution is 7.92. The first-order valence-electron chi connectivity index (χ1n) is 10.8. The van der Waals surface area contributed by atoms with E-state index in [-0.39, 0.29) is 10.8 Å². The van der Waals surface area contributed by atoms with Gasteiger partial charge in [0.2, 0.25) is 0 Å². The summed E-state index contributed by atoms with van der Waals surface area (Å²) in [4.78, 5) is 19.1. The van der Waals surface area contributed by atoms with Gasteiger partial charge in [-0.15, -0.1) is 0 Å². The second-order valence-electron chi connectivity index (χ2n) is 7.93. The fourth-order valence-corrected chi connectivity index (χ4v) is 4.71. The van der Waals surface area contributed by atoms with E-state index in [9.17, 15) is 13.2 Å². The van der Waals surface area contributed by atoms with E-state index in [1.165, 1.54) is 0 Å². The molecule has 0 spiro atoms. The minimum absolute atomic E-state index is 0.172. The Morgan fingerprint density at radius 2 is 1.85 bits per heavy atom. The summed E-state index contributed by atoms with van der Waals surface area (Å²) in [5.41, 5.74) is 3.35. The molecule has 1 saturated heterocycles. The zero-order chi connectivity index (χ0) is 23.3. The van der Waals surface area contributed by atoms with Crippen molar-refractivity contribution < 1.29 is 13.2 Å². The van der Waals surface area contributed by atoms with Crippen LogP contribution in [0.2, 0.25) is 0 Å². The van der Waals surface area contributed by atoms with Crippen molar-refractivity contribution in [1.29, 1.82) is 0 Å². The van der Waals surface area contributed by atoms with Crippen LogP contribution < -0.4 is 20.3 Å². The lowest BCUT2D eigenvalue weighted by Gasteiger charge is -2.31. The molecule has 0 aliphatic carbocycles. The van der Waals surface area contributed by atoms with Gasteiger partial charge in [-0.3, -0.25) is 14.5 Å². The van der Waals surface area contributed by atoms with E-state index in [0.29, 0.717) is 17.8 Å². The van der Waals surface area contributed by atoms with Gasteiger partial charge >= 0.3 is 0 Å². The molecule has 4 rings (SSSR count). The Bertz CT molecular complexity index is 1210. The molecule has 1 fully saturated rings. The minimum atomic E-state index is -3.82. The van der Waals surface area contributed by atoms with Crippen molar-refractivity contribution in [3.8, 4) is 0 Å². The van der Waals surface area contributed by atoms with Crippen LogP contribution >= 0.6 is 0 Å². The van der Waals surface area contributed by atoms with Crippen LogP contribution in [0.1, 0.15) is 21.5 Å². The maximum absolute atomic E-state index is 13.1.